The maximum atomic E-state index is 3.74. The van der Waals surface area contributed by atoms with E-state index in [0.717, 1.165) is 0 Å². The molecule has 1 nitrogen and oxygen atoms in total. The van der Waals surface area contributed by atoms with Crippen LogP contribution in [0, 0.1) is 0 Å². The summed E-state index contributed by atoms with van der Waals surface area (Å²) in [5.41, 5.74) is 0. The van der Waals surface area contributed by atoms with Crippen molar-refractivity contribution >= 4 is 34.2 Å². The van der Waals surface area contributed by atoms with Crippen LogP contribution >= 0.6 is 0 Å². The summed E-state index contributed by atoms with van der Waals surface area (Å²) in [6, 6.07) is 0. The first kappa shape index (κ1) is 19.3. The summed E-state index contributed by atoms with van der Waals surface area (Å²) in [5, 5.41) is 1.36. The summed E-state index contributed by atoms with van der Waals surface area (Å²) in [6.07, 6.45) is 5.65. The zero-order chi connectivity index (χ0) is 13.2. The number of hydrogen-bond acceptors (Lipinski definition) is 1. The summed E-state index contributed by atoms with van der Waals surface area (Å²) >= 11 is 2.25. The standard InChI is InChI=1S/C6H19NSi2.C6H13.Li/c1-8(2,3)7-9(4,5)6;1-3-5-6-4-2;/h7H,1-6H3;1,3-6H2,2H3;. The normalized spacial score (nSPS) is 12.1. The van der Waals surface area contributed by atoms with E-state index < -0.39 is 16.5 Å². The summed E-state index contributed by atoms with van der Waals surface area (Å²) in [5.74, 6) is 0. The van der Waals surface area contributed by atoms with Crippen molar-refractivity contribution in [3.8, 4) is 0 Å². The van der Waals surface area contributed by atoms with Crippen molar-refractivity contribution < 1.29 is 0 Å². The van der Waals surface area contributed by atoms with E-state index in [2.05, 4.69) is 68.6 Å². The van der Waals surface area contributed by atoms with Gasteiger partial charge in [-0.3, -0.25) is 0 Å². The molecule has 0 rings (SSSR count). The average molecular weight is 254 g/mol. The number of hydrogen-bond donors (Lipinski definition) is 1. The van der Waals surface area contributed by atoms with Crippen molar-refractivity contribution in [3.05, 3.63) is 0 Å². The van der Waals surface area contributed by atoms with Crippen LogP contribution in [-0.4, -0.2) is 34.2 Å². The van der Waals surface area contributed by atoms with Gasteiger partial charge in [-0.1, -0.05) is 39.3 Å². The molecule has 0 saturated heterocycles. The number of nitrogens with one attached hydrogen (secondary N) is 1. The fourth-order valence-corrected chi connectivity index (χ4v) is 10.8. The van der Waals surface area contributed by atoms with Gasteiger partial charge in [0.25, 0.3) is 0 Å². The molecular weight excluding hydrogens is 221 g/mol. The molecule has 0 aromatic rings. The van der Waals surface area contributed by atoms with Crippen molar-refractivity contribution in [2.45, 2.75) is 77.0 Å². The van der Waals surface area contributed by atoms with Crippen LogP contribution in [0.4, 0.5) is 0 Å². The fraction of sp³-hybridized carbons (Fsp3) is 1.00. The van der Waals surface area contributed by atoms with Crippen LogP contribution in [0.15, 0.2) is 0 Å². The first-order valence-electron chi connectivity index (χ1n) is 6.91. The third-order valence-corrected chi connectivity index (χ3v) is 7.96. The second kappa shape index (κ2) is 9.96. The Hall–Kier alpha value is 0.991. The molecule has 4 heteroatoms. The zero-order valence-electron chi connectivity index (χ0n) is 13.0. The molecule has 0 aliphatic rings. The van der Waals surface area contributed by atoms with Crippen LogP contribution in [-0.2, 0) is 0 Å². The molecule has 94 valence electrons. The van der Waals surface area contributed by atoms with Crippen LogP contribution < -0.4 is 4.65 Å². The molecule has 0 saturated carbocycles. The van der Waals surface area contributed by atoms with E-state index in [4.69, 9.17) is 0 Å². The van der Waals surface area contributed by atoms with E-state index in [1.807, 2.05) is 0 Å². The number of unbranched alkanes of at least 4 members (excludes halogenated alkanes) is 3. The third kappa shape index (κ3) is 24.3. The summed E-state index contributed by atoms with van der Waals surface area (Å²) in [7, 11) is -1.96. The van der Waals surface area contributed by atoms with Crippen LogP contribution in [0.5, 0.6) is 0 Å². The van der Waals surface area contributed by atoms with Gasteiger partial charge in [-0.2, -0.15) is 0 Å². The van der Waals surface area contributed by atoms with Crippen molar-refractivity contribution in [3.63, 3.8) is 0 Å². The fourth-order valence-electron chi connectivity index (χ4n) is 1.80. The molecule has 0 amide bonds. The van der Waals surface area contributed by atoms with Crippen LogP contribution in [0.1, 0.15) is 32.6 Å². The van der Waals surface area contributed by atoms with Gasteiger partial charge in [0.1, 0.15) is 16.5 Å². The molecule has 0 spiro atoms. The average Bonchev–Trinajstić information content (AvgIpc) is 1.99. The Balaban J connectivity index is 0. The summed E-state index contributed by atoms with van der Waals surface area (Å²) in [4.78, 5) is 0. The Labute approximate surface area is 116 Å². The molecule has 0 aliphatic heterocycles. The van der Waals surface area contributed by atoms with Crippen LogP contribution in [0.3, 0.4) is 0 Å². The van der Waals surface area contributed by atoms with E-state index in [-0.39, 0.29) is 0 Å². The third-order valence-electron chi connectivity index (χ3n) is 1.96. The van der Waals surface area contributed by atoms with Gasteiger partial charge < -0.3 is 4.65 Å². The van der Waals surface area contributed by atoms with E-state index >= 15 is 0 Å². The molecule has 0 aromatic heterocycles. The zero-order valence-corrected chi connectivity index (χ0v) is 15.0. The molecule has 0 heterocycles. The molecule has 0 unspecified atom stereocenters. The summed E-state index contributed by atoms with van der Waals surface area (Å²) < 4.78 is 3.74. The van der Waals surface area contributed by atoms with Gasteiger partial charge in [-0.25, -0.2) is 0 Å². The SMILES string of the molecule is C[Si](C)(C)N[Si](C)(C)C.[Li][CH2]CCCCC. The first-order valence-corrected chi connectivity index (χ1v) is 13.9. The monoisotopic (exact) mass is 253 g/mol. The van der Waals surface area contributed by atoms with Crippen molar-refractivity contribution in [2.75, 3.05) is 0 Å². The second-order valence-electron chi connectivity index (χ2n) is 6.69. The van der Waals surface area contributed by atoms with Crippen molar-refractivity contribution in [1.82, 2.24) is 4.65 Å². The molecule has 0 aliphatic carbocycles. The molecule has 0 fully saturated rings. The first-order chi connectivity index (χ1) is 7.12. The van der Waals surface area contributed by atoms with Gasteiger partial charge in [0, 0.05) is 0 Å². The molecule has 1 N–H and O–H groups in total. The van der Waals surface area contributed by atoms with Gasteiger partial charge >= 0.3 is 55.4 Å². The van der Waals surface area contributed by atoms with Crippen LogP contribution in [0.2, 0.25) is 44.4 Å². The second-order valence-corrected chi connectivity index (χ2v) is 16.7. The molecule has 0 bridgehead atoms. The minimum atomic E-state index is -0.981. The van der Waals surface area contributed by atoms with Crippen molar-refractivity contribution in [1.29, 1.82) is 0 Å². The Bertz CT molecular complexity index is 134. The van der Waals surface area contributed by atoms with Crippen molar-refractivity contribution in [2.24, 2.45) is 0 Å². The molecule has 16 heavy (non-hydrogen) atoms. The van der Waals surface area contributed by atoms with E-state index in [9.17, 15) is 0 Å². The molecular formula is C12H32LiNSi2. The Morgan fingerprint density at radius 2 is 1.25 bits per heavy atom. The minimum absolute atomic E-state index is 0.981. The van der Waals surface area contributed by atoms with Gasteiger partial charge in [0.2, 0.25) is 0 Å². The molecule has 0 radical (unpaired) electrons. The van der Waals surface area contributed by atoms with E-state index in [0.29, 0.717) is 0 Å². The number of rotatable bonds is 6. The van der Waals surface area contributed by atoms with Gasteiger partial charge in [0.05, 0.1) is 0 Å². The Morgan fingerprint density at radius 3 is 1.44 bits per heavy atom. The van der Waals surface area contributed by atoms with Gasteiger partial charge in [0.15, 0.2) is 0 Å². The van der Waals surface area contributed by atoms with Gasteiger partial charge in [-0.15, -0.1) is 0 Å². The summed E-state index contributed by atoms with van der Waals surface area (Å²) in [6.45, 7) is 16.4. The predicted molar refractivity (Wildman–Crippen MR) is 84.5 cm³/mol. The van der Waals surface area contributed by atoms with E-state index in [1.165, 1.54) is 30.8 Å². The Kier molecular flexibility index (Phi) is 12.0. The molecule has 0 aromatic carbocycles. The molecule has 0 atom stereocenters. The topological polar surface area (TPSA) is 12.0 Å². The maximum absolute atomic E-state index is 3.74. The van der Waals surface area contributed by atoms with Crippen LogP contribution in [0.25, 0.3) is 0 Å². The predicted octanol–water partition coefficient (Wildman–Crippen LogP) is 4.40. The van der Waals surface area contributed by atoms with E-state index in [1.54, 1.807) is 0 Å². The van der Waals surface area contributed by atoms with Gasteiger partial charge in [-0.05, 0) is 0 Å². The Morgan fingerprint density at radius 1 is 0.812 bits per heavy atom. The quantitative estimate of drug-likeness (QED) is 0.546.